The van der Waals surface area contributed by atoms with Gasteiger partial charge >= 0.3 is 5.97 Å². The first-order chi connectivity index (χ1) is 13.5. The first-order valence-electron chi connectivity index (χ1n) is 9.69. The fourth-order valence-electron chi connectivity index (χ4n) is 3.85. The Morgan fingerprint density at radius 1 is 0.786 bits per heavy atom. The van der Waals surface area contributed by atoms with Crippen LogP contribution in [0.15, 0.2) is 84.9 Å². The van der Waals surface area contributed by atoms with Crippen LogP contribution in [0.2, 0.25) is 0 Å². The zero-order valence-corrected chi connectivity index (χ0v) is 16.3. The van der Waals surface area contributed by atoms with Crippen molar-refractivity contribution >= 4 is 5.97 Å². The summed E-state index contributed by atoms with van der Waals surface area (Å²) in [5, 5.41) is 3.52. The van der Waals surface area contributed by atoms with E-state index in [-0.39, 0.29) is 12.0 Å². The lowest BCUT2D eigenvalue weighted by Crippen LogP contribution is -2.52. The Morgan fingerprint density at radius 3 is 2.00 bits per heavy atom. The molecule has 0 bridgehead atoms. The molecule has 3 nitrogen and oxygen atoms in total. The molecule has 28 heavy (non-hydrogen) atoms. The van der Waals surface area contributed by atoms with E-state index < -0.39 is 11.6 Å². The van der Waals surface area contributed by atoms with E-state index in [1.165, 1.54) is 11.1 Å². The molecule has 1 heterocycles. The van der Waals surface area contributed by atoms with Gasteiger partial charge in [-0.15, -0.1) is 0 Å². The van der Waals surface area contributed by atoms with Crippen LogP contribution in [0.3, 0.4) is 0 Å². The van der Waals surface area contributed by atoms with Crippen LogP contribution in [0.5, 0.6) is 0 Å². The predicted octanol–water partition coefficient (Wildman–Crippen LogP) is 4.98. The van der Waals surface area contributed by atoms with E-state index >= 15 is 0 Å². The zero-order chi connectivity index (χ0) is 19.6. The molecule has 2 atom stereocenters. The molecule has 0 spiro atoms. The number of benzene rings is 3. The highest BCUT2D eigenvalue weighted by atomic mass is 16.6. The summed E-state index contributed by atoms with van der Waals surface area (Å²) < 4.78 is 5.83. The number of carbonyl (C=O) groups is 1. The number of nitrogens with one attached hydrogen (secondary N) is 1. The van der Waals surface area contributed by atoms with Crippen LogP contribution in [-0.2, 0) is 16.0 Å². The van der Waals surface area contributed by atoms with E-state index in [1.54, 1.807) is 0 Å². The van der Waals surface area contributed by atoms with Crippen molar-refractivity contribution in [2.45, 2.75) is 38.0 Å². The molecule has 1 aliphatic rings. The fourth-order valence-corrected chi connectivity index (χ4v) is 3.85. The van der Waals surface area contributed by atoms with Crippen LogP contribution < -0.4 is 5.32 Å². The maximum absolute atomic E-state index is 12.7. The minimum atomic E-state index is -0.609. The maximum atomic E-state index is 12.7. The third kappa shape index (κ3) is 3.85. The van der Waals surface area contributed by atoms with Gasteiger partial charge in [-0.1, -0.05) is 84.9 Å². The Balaban J connectivity index is 1.55. The van der Waals surface area contributed by atoms with Crippen LogP contribution in [0.25, 0.3) is 0 Å². The zero-order valence-electron chi connectivity index (χ0n) is 16.3. The minimum absolute atomic E-state index is 0.0691. The topological polar surface area (TPSA) is 38.3 Å². The maximum Gasteiger partial charge on any atom is 0.328 e. The van der Waals surface area contributed by atoms with E-state index in [0.717, 1.165) is 17.5 Å². The summed E-state index contributed by atoms with van der Waals surface area (Å²) >= 11 is 0. The number of carbonyl (C=O) groups excluding carboxylic acids is 1. The van der Waals surface area contributed by atoms with Crippen LogP contribution in [0.4, 0.5) is 0 Å². The number of morpholine rings is 1. The van der Waals surface area contributed by atoms with Crippen molar-refractivity contribution in [3.8, 4) is 0 Å². The monoisotopic (exact) mass is 371 g/mol. The number of esters is 1. The summed E-state index contributed by atoms with van der Waals surface area (Å²) in [6.45, 7) is 3.91. The van der Waals surface area contributed by atoms with Crippen LogP contribution in [0, 0.1) is 0 Å². The molecular formula is C25H25NO2. The van der Waals surface area contributed by atoms with Gasteiger partial charge in [-0.05, 0) is 42.5 Å². The molecule has 0 saturated carbocycles. The van der Waals surface area contributed by atoms with Gasteiger partial charge in [0.2, 0.25) is 0 Å². The highest BCUT2D eigenvalue weighted by molar-refractivity contribution is 5.79. The molecule has 0 radical (unpaired) electrons. The summed E-state index contributed by atoms with van der Waals surface area (Å²) in [5.41, 5.74) is 3.93. The number of rotatable bonds is 4. The molecule has 1 saturated heterocycles. The van der Waals surface area contributed by atoms with Crippen LogP contribution in [0.1, 0.15) is 48.2 Å². The molecule has 3 aromatic rings. The second kappa shape index (κ2) is 7.61. The summed E-state index contributed by atoms with van der Waals surface area (Å²) in [4.78, 5) is 12.7. The second-order valence-electron chi connectivity index (χ2n) is 7.87. The van der Waals surface area contributed by atoms with Gasteiger partial charge < -0.3 is 4.74 Å². The first-order valence-corrected chi connectivity index (χ1v) is 9.69. The molecule has 1 fully saturated rings. The Kier molecular flexibility index (Phi) is 5.01. The third-order valence-electron chi connectivity index (χ3n) is 5.32. The Bertz CT molecular complexity index is 933. The molecule has 0 amide bonds. The molecule has 4 rings (SSSR count). The fraction of sp³-hybridized carbons (Fsp3) is 0.240. The molecule has 3 aromatic carbocycles. The summed E-state index contributed by atoms with van der Waals surface area (Å²) in [7, 11) is 0. The van der Waals surface area contributed by atoms with Gasteiger partial charge in [0.1, 0.15) is 11.6 Å². The van der Waals surface area contributed by atoms with E-state index in [1.807, 2.05) is 50.2 Å². The van der Waals surface area contributed by atoms with Gasteiger partial charge in [-0.2, -0.15) is 0 Å². The molecule has 0 aliphatic carbocycles. The number of hydrogen-bond donors (Lipinski definition) is 1. The SMILES string of the molecule is CC1(C)OC(=O)[C@H](c2ccc(Cc3ccccc3)cc2)N[C@H]1c1ccccc1. The number of cyclic esters (lactones) is 1. The lowest BCUT2D eigenvalue weighted by atomic mass is 9.87. The van der Waals surface area contributed by atoms with Crippen molar-refractivity contribution in [2.24, 2.45) is 0 Å². The molecule has 142 valence electrons. The first kappa shape index (κ1) is 18.5. The molecule has 0 unspecified atom stereocenters. The van der Waals surface area contributed by atoms with Gasteiger partial charge in [0, 0.05) is 0 Å². The summed E-state index contributed by atoms with van der Waals surface area (Å²) in [6.07, 6.45) is 0.878. The quantitative estimate of drug-likeness (QED) is 0.657. The van der Waals surface area contributed by atoms with Gasteiger partial charge in [0.05, 0.1) is 6.04 Å². The van der Waals surface area contributed by atoms with Crippen molar-refractivity contribution in [1.82, 2.24) is 5.32 Å². The normalized spacial score (nSPS) is 21.1. The molecule has 0 aromatic heterocycles. The van der Waals surface area contributed by atoms with Gasteiger partial charge in [0.15, 0.2) is 0 Å². The minimum Gasteiger partial charge on any atom is -0.456 e. The second-order valence-corrected chi connectivity index (χ2v) is 7.87. The average Bonchev–Trinajstić information content (AvgIpc) is 2.70. The number of ether oxygens (including phenoxy) is 1. The van der Waals surface area contributed by atoms with Gasteiger partial charge in [0.25, 0.3) is 0 Å². The van der Waals surface area contributed by atoms with Gasteiger partial charge in [-0.25, -0.2) is 4.79 Å². The van der Waals surface area contributed by atoms with E-state index in [4.69, 9.17) is 4.74 Å². The van der Waals surface area contributed by atoms with E-state index in [0.29, 0.717) is 0 Å². The lowest BCUT2D eigenvalue weighted by molar-refractivity contribution is -0.172. The Labute approximate surface area is 166 Å². The molecule has 1 N–H and O–H groups in total. The summed E-state index contributed by atoms with van der Waals surface area (Å²) in [5.74, 6) is -0.229. The molecule has 3 heteroatoms. The van der Waals surface area contributed by atoms with Crippen molar-refractivity contribution in [3.05, 3.63) is 107 Å². The predicted molar refractivity (Wildman–Crippen MR) is 111 cm³/mol. The Morgan fingerprint density at radius 2 is 1.36 bits per heavy atom. The standard InChI is InChI=1S/C25H25NO2/c1-25(2)23(21-11-7-4-8-12-21)26-22(24(27)28-25)20-15-13-19(14-16-20)17-18-9-5-3-6-10-18/h3-16,22-23,26H,17H2,1-2H3/t22-,23-/m0/s1. The third-order valence-corrected chi connectivity index (χ3v) is 5.32. The van der Waals surface area contributed by atoms with Crippen molar-refractivity contribution in [1.29, 1.82) is 0 Å². The van der Waals surface area contributed by atoms with Crippen molar-refractivity contribution < 1.29 is 9.53 Å². The van der Waals surface area contributed by atoms with Crippen molar-refractivity contribution in [3.63, 3.8) is 0 Å². The van der Waals surface area contributed by atoms with Crippen LogP contribution in [-0.4, -0.2) is 11.6 Å². The smallest absolute Gasteiger partial charge is 0.328 e. The highest BCUT2D eigenvalue weighted by Gasteiger charge is 2.43. The van der Waals surface area contributed by atoms with E-state index in [9.17, 15) is 4.79 Å². The van der Waals surface area contributed by atoms with Crippen LogP contribution >= 0.6 is 0 Å². The number of hydrogen-bond acceptors (Lipinski definition) is 3. The highest BCUT2D eigenvalue weighted by Crippen LogP contribution is 2.37. The average molecular weight is 371 g/mol. The molecular weight excluding hydrogens is 346 g/mol. The molecule has 1 aliphatic heterocycles. The van der Waals surface area contributed by atoms with Gasteiger partial charge in [-0.3, -0.25) is 5.32 Å². The lowest BCUT2D eigenvalue weighted by Gasteiger charge is -2.42. The van der Waals surface area contributed by atoms with Crippen molar-refractivity contribution in [2.75, 3.05) is 0 Å². The summed E-state index contributed by atoms with van der Waals surface area (Å²) in [6, 6.07) is 28.2. The Hall–Kier alpha value is -2.91. The largest absolute Gasteiger partial charge is 0.456 e. The van der Waals surface area contributed by atoms with E-state index in [2.05, 4.69) is 53.8 Å².